The van der Waals surface area contributed by atoms with E-state index in [1.165, 1.54) is 0 Å². The molecular weight excluding hydrogens is 344 g/mol. The molecule has 1 aromatic rings. The number of rotatable bonds is 11. The quantitative estimate of drug-likeness (QED) is 0.345. The van der Waals surface area contributed by atoms with Gasteiger partial charge in [-0.15, -0.1) is 0 Å². The van der Waals surface area contributed by atoms with Crippen LogP contribution in [0, 0.1) is 0 Å². The lowest BCUT2D eigenvalue weighted by Crippen LogP contribution is -2.44. The predicted octanol–water partition coefficient (Wildman–Crippen LogP) is 1.49. The summed E-state index contributed by atoms with van der Waals surface area (Å²) in [6.45, 7) is 10.5. The molecule has 2 N–H and O–H groups in total. The minimum Gasteiger partial charge on any atom is -0.497 e. The van der Waals surface area contributed by atoms with Crippen molar-refractivity contribution in [3.05, 3.63) is 29.8 Å². The SMILES string of the molecule is CCOCCCNC(=NCc1ccc(OC)cc1)NCCN1CCOCC1. The topological polar surface area (TPSA) is 67.3 Å². The molecule has 27 heavy (non-hydrogen) atoms. The van der Waals surface area contributed by atoms with Gasteiger partial charge in [-0.3, -0.25) is 4.90 Å². The maximum absolute atomic E-state index is 5.40. The molecule has 1 heterocycles. The van der Waals surface area contributed by atoms with Crippen molar-refractivity contribution in [2.45, 2.75) is 19.9 Å². The van der Waals surface area contributed by atoms with Crippen molar-refractivity contribution >= 4 is 5.96 Å². The Balaban J connectivity index is 1.80. The molecule has 1 aliphatic heterocycles. The number of benzene rings is 1. The average Bonchev–Trinajstić information content (AvgIpc) is 2.72. The van der Waals surface area contributed by atoms with Gasteiger partial charge in [0.25, 0.3) is 0 Å². The van der Waals surface area contributed by atoms with Crippen molar-refractivity contribution in [2.75, 3.05) is 66.3 Å². The number of methoxy groups -OCH3 is 1. The molecule has 0 atom stereocenters. The Kier molecular flexibility index (Phi) is 10.6. The number of guanidine groups is 1. The third-order valence-electron chi connectivity index (χ3n) is 4.37. The zero-order chi connectivity index (χ0) is 19.2. The van der Waals surface area contributed by atoms with E-state index in [0.29, 0.717) is 6.54 Å². The third-order valence-corrected chi connectivity index (χ3v) is 4.37. The third kappa shape index (κ3) is 9.08. The number of hydrogen-bond acceptors (Lipinski definition) is 5. The van der Waals surface area contributed by atoms with E-state index in [1.807, 2.05) is 31.2 Å². The second-order valence-electron chi connectivity index (χ2n) is 6.37. The van der Waals surface area contributed by atoms with Gasteiger partial charge in [-0.25, -0.2) is 4.99 Å². The first-order valence-electron chi connectivity index (χ1n) is 9.84. The van der Waals surface area contributed by atoms with Crippen LogP contribution in [0.4, 0.5) is 0 Å². The van der Waals surface area contributed by atoms with Crippen LogP contribution in [-0.2, 0) is 16.0 Å². The lowest BCUT2D eigenvalue weighted by molar-refractivity contribution is 0.0389. The lowest BCUT2D eigenvalue weighted by atomic mass is 10.2. The van der Waals surface area contributed by atoms with E-state index >= 15 is 0 Å². The fraction of sp³-hybridized carbons (Fsp3) is 0.650. The summed E-state index contributed by atoms with van der Waals surface area (Å²) in [4.78, 5) is 7.13. The van der Waals surface area contributed by atoms with E-state index in [9.17, 15) is 0 Å². The summed E-state index contributed by atoms with van der Waals surface area (Å²) in [5, 5.41) is 6.84. The zero-order valence-corrected chi connectivity index (χ0v) is 16.7. The molecule has 0 aromatic heterocycles. The van der Waals surface area contributed by atoms with Gasteiger partial charge in [-0.05, 0) is 31.0 Å². The van der Waals surface area contributed by atoms with Crippen molar-refractivity contribution in [3.8, 4) is 5.75 Å². The van der Waals surface area contributed by atoms with Crippen LogP contribution in [0.15, 0.2) is 29.3 Å². The van der Waals surface area contributed by atoms with Crippen LogP contribution in [0.1, 0.15) is 18.9 Å². The molecule has 1 aliphatic rings. The van der Waals surface area contributed by atoms with Crippen LogP contribution >= 0.6 is 0 Å². The van der Waals surface area contributed by atoms with Gasteiger partial charge >= 0.3 is 0 Å². The maximum Gasteiger partial charge on any atom is 0.191 e. The summed E-state index contributed by atoms with van der Waals surface area (Å²) in [7, 11) is 1.68. The van der Waals surface area contributed by atoms with Crippen LogP contribution in [0.3, 0.4) is 0 Å². The Morgan fingerprint density at radius 1 is 1.15 bits per heavy atom. The molecule has 7 heteroatoms. The van der Waals surface area contributed by atoms with E-state index in [4.69, 9.17) is 19.2 Å². The van der Waals surface area contributed by atoms with Crippen LogP contribution in [-0.4, -0.2) is 77.1 Å². The van der Waals surface area contributed by atoms with Gasteiger partial charge in [-0.2, -0.15) is 0 Å². The predicted molar refractivity (Wildman–Crippen MR) is 109 cm³/mol. The van der Waals surface area contributed by atoms with Gasteiger partial charge in [0.1, 0.15) is 5.75 Å². The Labute approximate surface area is 163 Å². The van der Waals surface area contributed by atoms with Gasteiger partial charge in [0.2, 0.25) is 0 Å². The first-order chi connectivity index (χ1) is 13.3. The molecule has 0 saturated carbocycles. The van der Waals surface area contributed by atoms with E-state index < -0.39 is 0 Å². The molecule has 0 aliphatic carbocycles. The van der Waals surface area contributed by atoms with Crippen molar-refractivity contribution < 1.29 is 14.2 Å². The molecule has 0 amide bonds. The Morgan fingerprint density at radius 2 is 1.89 bits per heavy atom. The van der Waals surface area contributed by atoms with Crippen LogP contribution in [0.25, 0.3) is 0 Å². The molecule has 7 nitrogen and oxygen atoms in total. The van der Waals surface area contributed by atoms with Gasteiger partial charge < -0.3 is 24.8 Å². The highest BCUT2D eigenvalue weighted by Gasteiger charge is 2.09. The molecule has 152 valence electrons. The largest absolute Gasteiger partial charge is 0.497 e. The molecule has 1 aromatic carbocycles. The summed E-state index contributed by atoms with van der Waals surface area (Å²) >= 11 is 0. The molecule has 0 radical (unpaired) electrons. The Bertz CT molecular complexity index is 531. The molecule has 0 spiro atoms. The van der Waals surface area contributed by atoms with E-state index in [0.717, 1.165) is 82.8 Å². The summed E-state index contributed by atoms with van der Waals surface area (Å²) in [6.07, 6.45) is 0.959. The number of nitrogens with zero attached hydrogens (tertiary/aromatic N) is 2. The number of ether oxygens (including phenoxy) is 3. The highest BCUT2D eigenvalue weighted by molar-refractivity contribution is 5.79. The second-order valence-corrected chi connectivity index (χ2v) is 6.37. The van der Waals surface area contributed by atoms with Crippen LogP contribution in [0.5, 0.6) is 5.75 Å². The van der Waals surface area contributed by atoms with Crippen molar-refractivity contribution in [3.63, 3.8) is 0 Å². The van der Waals surface area contributed by atoms with Gasteiger partial charge in [0.05, 0.1) is 26.9 Å². The van der Waals surface area contributed by atoms with E-state index in [2.05, 4.69) is 15.5 Å². The Hall–Kier alpha value is -1.83. The zero-order valence-electron chi connectivity index (χ0n) is 16.7. The first kappa shape index (κ1) is 21.5. The highest BCUT2D eigenvalue weighted by Crippen LogP contribution is 2.11. The summed E-state index contributed by atoms with van der Waals surface area (Å²) in [5.41, 5.74) is 1.15. The monoisotopic (exact) mass is 378 g/mol. The minimum atomic E-state index is 0.627. The Morgan fingerprint density at radius 3 is 2.59 bits per heavy atom. The molecule has 0 bridgehead atoms. The average molecular weight is 379 g/mol. The first-order valence-corrected chi connectivity index (χ1v) is 9.84. The molecule has 0 unspecified atom stereocenters. The fourth-order valence-corrected chi connectivity index (χ4v) is 2.76. The van der Waals surface area contributed by atoms with E-state index in [-0.39, 0.29) is 0 Å². The van der Waals surface area contributed by atoms with Gasteiger partial charge in [0.15, 0.2) is 5.96 Å². The number of nitrogens with one attached hydrogen (secondary N) is 2. The van der Waals surface area contributed by atoms with Crippen molar-refractivity contribution in [1.82, 2.24) is 15.5 Å². The highest BCUT2D eigenvalue weighted by atomic mass is 16.5. The summed E-state index contributed by atoms with van der Waals surface area (Å²) in [6, 6.07) is 8.02. The smallest absolute Gasteiger partial charge is 0.191 e. The number of hydrogen-bond donors (Lipinski definition) is 2. The van der Waals surface area contributed by atoms with Crippen LogP contribution in [0.2, 0.25) is 0 Å². The van der Waals surface area contributed by atoms with E-state index in [1.54, 1.807) is 7.11 Å². The van der Waals surface area contributed by atoms with Crippen LogP contribution < -0.4 is 15.4 Å². The normalized spacial score (nSPS) is 15.6. The number of aliphatic imine (C=N–C) groups is 1. The fourth-order valence-electron chi connectivity index (χ4n) is 2.76. The lowest BCUT2D eigenvalue weighted by Gasteiger charge is -2.26. The molecule has 1 saturated heterocycles. The van der Waals surface area contributed by atoms with Crippen molar-refractivity contribution in [1.29, 1.82) is 0 Å². The second kappa shape index (κ2) is 13.4. The maximum atomic E-state index is 5.40. The number of morpholine rings is 1. The van der Waals surface area contributed by atoms with Crippen molar-refractivity contribution in [2.24, 2.45) is 4.99 Å². The van der Waals surface area contributed by atoms with Gasteiger partial charge in [0, 0.05) is 45.9 Å². The standard InChI is InChI=1S/C20H34N4O3/c1-3-26-14-4-9-21-20(22-10-11-24-12-15-27-16-13-24)23-17-18-5-7-19(25-2)8-6-18/h5-8H,3-4,9-17H2,1-2H3,(H2,21,22,23). The summed E-state index contributed by atoms with van der Waals surface area (Å²) in [5.74, 6) is 1.70. The molecule has 1 fully saturated rings. The minimum absolute atomic E-state index is 0.627. The molecule has 2 rings (SSSR count). The molecular formula is C20H34N4O3. The van der Waals surface area contributed by atoms with Gasteiger partial charge in [-0.1, -0.05) is 12.1 Å². The summed E-state index contributed by atoms with van der Waals surface area (Å²) < 4.78 is 16.0.